The van der Waals surface area contributed by atoms with Crippen LogP contribution in [0.1, 0.15) is 19.7 Å². The molecule has 0 saturated carbocycles. The van der Waals surface area contributed by atoms with E-state index in [0.717, 1.165) is 6.54 Å². The van der Waals surface area contributed by atoms with Gasteiger partial charge in [-0.15, -0.1) is 0 Å². The summed E-state index contributed by atoms with van der Waals surface area (Å²) >= 11 is 0.623. The highest BCUT2D eigenvalue weighted by atomic mass is 32.2. The van der Waals surface area contributed by atoms with Crippen molar-refractivity contribution in [2.75, 3.05) is 0 Å². The summed E-state index contributed by atoms with van der Waals surface area (Å²) in [5.41, 5.74) is 0. The number of hydrogen-bond donors (Lipinski definition) is 1. The van der Waals surface area contributed by atoms with Crippen LogP contribution in [0.2, 0.25) is 0 Å². The van der Waals surface area contributed by atoms with Gasteiger partial charge in [-0.2, -0.15) is 0 Å². The number of rotatable bonds is 7. The van der Waals surface area contributed by atoms with E-state index < -0.39 is 14.9 Å². The molecule has 0 aliphatic heterocycles. The Balaban J connectivity index is 2.09. The third-order valence-electron chi connectivity index (χ3n) is 2.80. The van der Waals surface area contributed by atoms with E-state index in [2.05, 4.69) is 23.6 Å². The van der Waals surface area contributed by atoms with Gasteiger partial charge in [0.15, 0.2) is 0 Å². The van der Waals surface area contributed by atoms with E-state index in [9.17, 15) is 18.5 Å². The monoisotopic (exact) mass is 344 g/mol. The van der Waals surface area contributed by atoms with E-state index >= 15 is 0 Å². The van der Waals surface area contributed by atoms with Gasteiger partial charge in [-0.3, -0.25) is 10.1 Å². The molecule has 2 aromatic rings. The first-order chi connectivity index (χ1) is 10.3. The van der Waals surface area contributed by atoms with Crippen LogP contribution < -0.4 is 4.72 Å². The summed E-state index contributed by atoms with van der Waals surface area (Å²) in [6.45, 7) is 4.88. The first-order valence-electron chi connectivity index (χ1n) is 6.53. The predicted octanol–water partition coefficient (Wildman–Crippen LogP) is 1.99. The fourth-order valence-electron chi connectivity index (χ4n) is 1.85. The Hall–Kier alpha value is -1.78. The highest BCUT2D eigenvalue weighted by Gasteiger charge is 2.21. The predicted molar refractivity (Wildman–Crippen MR) is 82.1 cm³/mol. The summed E-state index contributed by atoms with van der Waals surface area (Å²) in [7, 11) is -3.78. The molecule has 8 nitrogen and oxygen atoms in total. The lowest BCUT2D eigenvalue weighted by Crippen LogP contribution is -2.24. The molecule has 2 aromatic heterocycles. The van der Waals surface area contributed by atoms with Gasteiger partial charge in [-0.1, -0.05) is 13.8 Å². The zero-order chi connectivity index (χ0) is 16.3. The molecule has 2 heterocycles. The third-order valence-corrected chi connectivity index (χ3v) is 5.73. The second-order valence-corrected chi connectivity index (χ2v) is 8.12. The molecular weight excluding hydrogens is 328 g/mol. The van der Waals surface area contributed by atoms with Gasteiger partial charge in [-0.25, -0.2) is 18.1 Å². The van der Waals surface area contributed by atoms with Gasteiger partial charge in [0.1, 0.15) is 10.0 Å². The van der Waals surface area contributed by atoms with Gasteiger partial charge in [-0.05, 0) is 23.3 Å². The van der Waals surface area contributed by atoms with Crippen LogP contribution in [0.15, 0.2) is 28.7 Å². The molecule has 0 radical (unpaired) electrons. The second kappa shape index (κ2) is 6.55. The molecule has 120 valence electrons. The van der Waals surface area contributed by atoms with Crippen LogP contribution in [0, 0.1) is 16.0 Å². The Bertz CT molecular complexity index is 764. The Kier molecular flexibility index (Phi) is 4.94. The van der Waals surface area contributed by atoms with Crippen molar-refractivity contribution in [3.8, 4) is 0 Å². The summed E-state index contributed by atoms with van der Waals surface area (Å²) in [5.74, 6) is 1.01. The summed E-state index contributed by atoms with van der Waals surface area (Å²) in [4.78, 5) is 14.1. The van der Waals surface area contributed by atoms with Crippen LogP contribution in [0.5, 0.6) is 0 Å². The van der Waals surface area contributed by atoms with Gasteiger partial charge in [0.2, 0.25) is 0 Å². The fourth-order valence-corrected chi connectivity index (χ4v) is 3.98. The lowest BCUT2D eigenvalue weighted by molar-refractivity contribution is -0.380. The van der Waals surface area contributed by atoms with E-state index in [1.165, 1.54) is 12.1 Å². The average molecular weight is 344 g/mol. The summed E-state index contributed by atoms with van der Waals surface area (Å²) in [6, 6.07) is 2.41. The quantitative estimate of drug-likeness (QED) is 0.610. The molecular formula is C12H16N4O4S2. The van der Waals surface area contributed by atoms with Crippen LogP contribution in [-0.4, -0.2) is 22.9 Å². The Morgan fingerprint density at radius 2 is 2.18 bits per heavy atom. The van der Waals surface area contributed by atoms with Crippen molar-refractivity contribution >= 4 is 26.4 Å². The number of aromatic nitrogens is 2. The fraction of sp³-hybridized carbons (Fsp3) is 0.417. The molecule has 0 amide bonds. The maximum absolute atomic E-state index is 12.1. The molecule has 0 saturated heterocycles. The minimum absolute atomic E-state index is 0.0355. The number of thiophene rings is 1. The number of sulfonamides is 1. The van der Waals surface area contributed by atoms with Crippen molar-refractivity contribution in [2.24, 2.45) is 5.92 Å². The SMILES string of the molecule is CC(C)Cn1ccnc1CNS(=O)(=O)c1ccc([N+](=O)[O-])s1. The van der Waals surface area contributed by atoms with Crippen molar-refractivity contribution in [1.29, 1.82) is 0 Å². The molecule has 0 aliphatic rings. The van der Waals surface area contributed by atoms with Crippen molar-refractivity contribution in [1.82, 2.24) is 14.3 Å². The van der Waals surface area contributed by atoms with Gasteiger partial charge < -0.3 is 4.57 Å². The van der Waals surface area contributed by atoms with E-state index in [4.69, 9.17) is 0 Å². The molecule has 0 aliphatic carbocycles. The first kappa shape index (κ1) is 16.6. The maximum atomic E-state index is 12.1. The molecule has 0 spiro atoms. The van der Waals surface area contributed by atoms with Gasteiger partial charge in [0.05, 0.1) is 11.5 Å². The molecule has 0 bridgehead atoms. The van der Waals surface area contributed by atoms with Crippen molar-refractivity contribution < 1.29 is 13.3 Å². The van der Waals surface area contributed by atoms with Crippen LogP contribution in [0.4, 0.5) is 5.00 Å². The number of imidazole rings is 1. The smallest absolute Gasteiger partial charge is 0.325 e. The van der Waals surface area contributed by atoms with E-state index in [-0.39, 0.29) is 15.8 Å². The van der Waals surface area contributed by atoms with Gasteiger partial charge in [0.25, 0.3) is 10.0 Å². The van der Waals surface area contributed by atoms with E-state index in [0.29, 0.717) is 23.1 Å². The first-order valence-corrected chi connectivity index (χ1v) is 8.83. The standard InChI is InChI=1S/C12H16N4O4S2/c1-9(2)8-15-6-5-13-10(15)7-14-22(19,20)12-4-3-11(21-12)16(17)18/h3-6,9,14H,7-8H2,1-2H3. The minimum atomic E-state index is -3.78. The largest absolute Gasteiger partial charge is 0.334 e. The average Bonchev–Trinajstić information content (AvgIpc) is 3.04. The van der Waals surface area contributed by atoms with Crippen LogP contribution in [0.3, 0.4) is 0 Å². The molecule has 10 heteroatoms. The van der Waals surface area contributed by atoms with Crippen LogP contribution in [-0.2, 0) is 23.1 Å². The Morgan fingerprint density at radius 1 is 1.45 bits per heavy atom. The summed E-state index contributed by atoms with van der Waals surface area (Å²) in [6.07, 6.45) is 3.40. The normalized spacial score (nSPS) is 12.0. The van der Waals surface area contributed by atoms with Gasteiger partial charge in [0, 0.05) is 25.0 Å². The maximum Gasteiger partial charge on any atom is 0.325 e. The second-order valence-electron chi connectivity index (χ2n) is 5.06. The Morgan fingerprint density at radius 3 is 2.77 bits per heavy atom. The van der Waals surface area contributed by atoms with Crippen molar-refractivity contribution in [3.63, 3.8) is 0 Å². The summed E-state index contributed by atoms with van der Waals surface area (Å²) in [5, 5.41) is 10.4. The minimum Gasteiger partial charge on any atom is -0.334 e. The third kappa shape index (κ3) is 3.90. The van der Waals surface area contributed by atoms with Crippen molar-refractivity contribution in [3.05, 3.63) is 40.5 Å². The number of nitrogens with one attached hydrogen (secondary N) is 1. The summed E-state index contributed by atoms with van der Waals surface area (Å²) < 4.78 is 28.5. The van der Waals surface area contributed by atoms with E-state index in [1.807, 2.05) is 4.57 Å². The lowest BCUT2D eigenvalue weighted by atomic mass is 10.2. The highest BCUT2D eigenvalue weighted by Crippen LogP contribution is 2.27. The topological polar surface area (TPSA) is 107 Å². The molecule has 0 unspecified atom stereocenters. The zero-order valence-electron chi connectivity index (χ0n) is 12.1. The van der Waals surface area contributed by atoms with Gasteiger partial charge >= 0.3 is 5.00 Å². The van der Waals surface area contributed by atoms with Crippen molar-refractivity contribution in [2.45, 2.75) is 31.1 Å². The zero-order valence-corrected chi connectivity index (χ0v) is 13.7. The molecule has 0 atom stereocenters. The molecule has 0 aromatic carbocycles. The van der Waals surface area contributed by atoms with Crippen LogP contribution >= 0.6 is 11.3 Å². The molecule has 1 N–H and O–H groups in total. The highest BCUT2D eigenvalue weighted by molar-refractivity contribution is 7.91. The van der Waals surface area contributed by atoms with E-state index in [1.54, 1.807) is 12.4 Å². The molecule has 2 rings (SSSR count). The molecule has 0 fully saturated rings. The number of hydrogen-bond acceptors (Lipinski definition) is 6. The Labute approximate surface area is 132 Å². The number of nitro groups is 1. The van der Waals surface area contributed by atoms with Crippen LogP contribution in [0.25, 0.3) is 0 Å². The molecule has 22 heavy (non-hydrogen) atoms. The number of nitrogens with zero attached hydrogens (tertiary/aromatic N) is 3. The lowest BCUT2D eigenvalue weighted by Gasteiger charge is -2.10.